The predicted molar refractivity (Wildman–Crippen MR) is 69.2 cm³/mol. The highest BCUT2D eigenvalue weighted by atomic mass is 79.9. The topological polar surface area (TPSA) is 83.5 Å². The standard InChI is InChI=1S/C12H16BrNO3/c1-6(2)8-5-11(15)7(3-9(8)13)4-10(14)12(16)17/h3,5-6,10,15H,4,14H2,1-2H3,(H,16,17). The average molecular weight is 302 g/mol. The normalized spacial score (nSPS) is 12.8. The molecule has 1 aromatic carbocycles. The molecule has 0 bridgehead atoms. The van der Waals surface area contributed by atoms with Crippen LogP contribution in [0.1, 0.15) is 30.9 Å². The van der Waals surface area contributed by atoms with E-state index in [-0.39, 0.29) is 18.1 Å². The summed E-state index contributed by atoms with van der Waals surface area (Å²) in [5.41, 5.74) is 6.96. The lowest BCUT2D eigenvalue weighted by atomic mass is 9.98. The van der Waals surface area contributed by atoms with Crippen molar-refractivity contribution in [1.82, 2.24) is 0 Å². The Morgan fingerprint density at radius 3 is 2.53 bits per heavy atom. The summed E-state index contributed by atoms with van der Waals surface area (Å²) in [6.07, 6.45) is 0.109. The van der Waals surface area contributed by atoms with Crippen molar-refractivity contribution in [2.45, 2.75) is 32.2 Å². The van der Waals surface area contributed by atoms with E-state index in [1.54, 1.807) is 12.1 Å². The van der Waals surface area contributed by atoms with Crippen LogP contribution < -0.4 is 5.73 Å². The van der Waals surface area contributed by atoms with Gasteiger partial charge in [-0.3, -0.25) is 4.79 Å². The third-order valence-corrected chi connectivity index (χ3v) is 3.26. The van der Waals surface area contributed by atoms with E-state index in [0.29, 0.717) is 5.56 Å². The quantitative estimate of drug-likeness (QED) is 0.796. The zero-order chi connectivity index (χ0) is 13.2. The molecule has 0 spiro atoms. The summed E-state index contributed by atoms with van der Waals surface area (Å²) in [5.74, 6) is -0.709. The summed E-state index contributed by atoms with van der Waals surface area (Å²) >= 11 is 3.41. The molecule has 0 radical (unpaired) electrons. The monoisotopic (exact) mass is 301 g/mol. The summed E-state index contributed by atoms with van der Waals surface area (Å²) in [4.78, 5) is 10.7. The Balaban J connectivity index is 3.03. The number of nitrogens with two attached hydrogens (primary N) is 1. The molecule has 0 aliphatic carbocycles. The third kappa shape index (κ3) is 3.44. The molecule has 1 unspecified atom stereocenters. The summed E-state index contributed by atoms with van der Waals surface area (Å²) in [6.45, 7) is 4.03. The number of aliphatic carboxylic acids is 1. The Hall–Kier alpha value is -1.07. The van der Waals surface area contributed by atoms with E-state index in [9.17, 15) is 9.90 Å². The highest BCUT2D eigenvalue weighted by molar-refractivity contribution is 9.10. The van der Waals surface area contributed by atoms with Gasteiger partial charge in [-0.05, 0) is 29.2 Å². The number of rotatable bonds is 4. The molecule has 1 aromatic rings. The summed E-state index contributed by atoms with van der Waals surface area (Å²) in [6, 6.07) is 2.38. The largest absolute Gasteiger partial charge is 0.508 e. The Labute approximate surface area is 109 Å². The zero-order valence-electron chi connectivity index (χ0n) is 9.77. The highest BCUT2D eigenvalue weighted by Crippen LogP contribution is 2.31. The molecule has 0 aliphatic rings. The minimum absolute atomic E-state index is 0.0913. The van der Waals surface area contributed by atoms with Crippen LogP contribution in [0.3, 0.4) is 0 Å². The third-order valence-electron chi connectivity index (χ3n) is 2.58. The van der Waals surface area contributed by atoms with E-state index in [1.807, 2.05) is 13.8 Å². The van der Waals surface area contributed by atoms with Gasteiger partial charge in [0.25, 0.3) is 0 Å². The number of carbonyl (C=O) groups is 1. The van der Waals surface area contributed by atoms with Crippen LogP contribution in [0.2, 0.25) is 0 Å². The van der Waals surface area contributed by atoms with Crippen LogP contribution in [-0.4, -0.2) is 22.2 Å². The summed E-state index contributed by atoms with van der Waals surface area (Å²) in [5, 5.41) is 18.6. The Bertz CT molecular complexity index is 432. The number of carboxylic acid groups (broad SMARTS) is 1. The second-order valence-electron chi connectivity index (χ2n) is 4.31. The Kier molecular flexibility index (Phi) is 4.54. The first-order valence-electron chi connectivity index (χ1n) is 5.32. The molecule has 4 N–H and O–H groups in total. The van der Waals surface area contributed by atoms with Gasteiger partial charge in [-0.1, -0.05) is 29.8 Å². The molecule has 1 rings (SSSR count). The SMILES string of the molecule is CC(C)c1cc(O)c(CC(N)C(=O)O)cc1Br. The van der Waals surface area contributed by atoms with E-state index < -0.39 is 12.0 Å². The van der Waals surface area contributed by atoms with Crippen molar-refractivity contribution in [1.29, 1.82) is 0 Å². The van der Waals surface area contributed by atoms with Gasteiger partial charge in [-0.2, -0.15) is 0 Å². The van der Waals surface area contributed by atoms with E-state index in [0.717, 1.165) is 10.0 Å². The molecule has 0 amide bonds. The van der Waals surface area contributed by atoms with Crippen LogP contribution in [0.4, 0.5) is 0 Å². The van der Waals surface area contributed by atoms with Crippen molar-refractivity contribution in [3.05, 3.63) is 27.7 Å². The number of hydrogen-bond acceptors (Lipinski definition) is 3. The number of carboxylic acids is 1. The van der Waals surface area contributed by atoms with Gasteiger partial charge >= 0.3 is 5.97 Å². The van der Waals surface area contributed by atoms with Crippen molar-refractivity contribution in [2.75, 3.05) is 0 Å². The first kappa shape index (κ1) is 14.0. The smallest absolute Gasteiger partial charge is 0.320 e. The maximum Gasteiger partial charge on any atom is 0.320 e. The molecule has 0 aliphatic heterocycles. The number of phenols is 1. The fraction of sp³-hybridized carbons (Fsp3) is 0.417. The minimum atomic E-state index is -1.08. The van der Waals surface area contributed by atoms with E-state index in [2.05, 4.69) is 15.9 Å². The van der Waals surface area contributed by atoms with Gasteiger partial charge in [0, 0.05) is 10.9 Å². The van der Waals surface area contributed by atoms with Gasteiger partial charge < -0.3 is 15.9 Å². The van der Waals surface area contributed by atoms with Crippen molar-refractivity contribution in [3.8, 4) is 5.75 Å². The number of aromatic hydroxyl groups is 1. The molecule has 1 atom stereocenters. The van der Waals surface area contributed by atoms with Crippen LogP contribution in [0.15, 0.2) is 16.6 Å². The van der Waals surface area contributed by atoms with Crippen LogP contribution in [0.25, 0.3) is 0 Å². The maximum atomic E-state index is 10.7. The van der Waals surface area contributed by atoms with Gasteiger partial charge in [0.2, 0.25) is 0 Å². The molecule has 17 heavy (non-hydrogen) atoms. The van der Waals surface area contributed by atoms with E-state index in [4.69, 9.17) is 10.8 Å². The lowest BCUT2D eigenvalue weighted by Gasteiger charge is -2.14. The molecule has 0 heterocycles. The fourth-order valence-electron chi connectivity index (χ4n) is 1.55. The number of benzene rings is 1. The van der Waals surface area contributed by atoms with Crippen molar-refractivity contribution >= 4 is 21.9 Å². The molecule has 0 saturated carbocycles. The molecule has 0 aromatic heterocycles. The van der Waals surface area contributed by atoms with Gasteiger partial charge in [0.15, 0.2) is 0 Å². The first-order chi connectivity index (χ1) is 7.82. The van der Waals surface area contributed by atoms with Crippen LogP contribution in [-0.2, 0) is 11.2 Å². The van der Waals surface area contributed by atoms with Crippen LogP contribution in [0.5, 0.6) is 5.75 Å². The lowest BCUT2D eigenvalue weighted by molar-refractivity contribution is -0.138. The van der Waals surface area contributed by atoms with Gasteiger partial charge in [0.05, 0.1) is 0 Å². The molecular weight excluding hydrogens is 286 g/mol. The number of phenolic OH excluding ortho intramolecular Hbond substituents is 1. The van der Waals surface area contributed by atoms with Crippen molar-refractivity contribution in [3.63, 3.8) is 0 Å². The second kappa shape index (κ2) is 5.51. The molecule has 4 nitrogen and oxygen atoms in total. The Morgan fingerprint density at radius 1 is 1.47 bits per heavy atom. The first-order valence-corrected chi connectivity index (χ1v) is 6.12. The van der Waals surface area contributed by atoms with E-state index >= 15 is 0 Å². The van der Waals surface area contributed by atoms with E-state index in [1.165, 1.54) is 0 Å². The lowest BCUT2D eigenvalue weighted by Crippen LogP contribution is -2.32. The van der Waals surface area contributed by atoms with Crippen LogP contribution >= 0.6 is 15.9 Å². The molecule has 94 valence electrons. The maximum absolute atomic E-state index is 10.7. The molecule has 0 fully saturated rings. The summed E-state index contributed by atoms with van der Waals surface area (Å²) in [7, 11) is 0. The minimum Gasteiger partial charge on any atom is -0.508 e. The van der Waals surface area contributed by atoms with Gasteiger partial charge in [0.1, 0.15) is 11.8 Å². The number of halogens is 1. The predicted octanol–water partition coefficient (Wildman–Crippen LogP) is 2.23. The van der Waals surface area contributed by atoms with Crippen molar-refractivity contribution in [2.24, 2.45) is 5.73 Å². The number of hydrogen-bond donors (Lipinski definition) is 3. The Morgan fingerprint density at radius 2 is 2.06 bits per heavy atom. The average Bonchev–Trinajstić information content (AvgIpc) is 2.22. The summed E-state index contributed by atoms with van der Waals surface area (Å²) < 4.78 is 0.859. The fourth-order valence-corrected chi connectivity index (χ4v) is 2.40. The second-order valence-corrected chi connectivity index (χ2v) is 5.16. The van der Waals surface area contributed by atoms with Gasteiger partial charge in [-0.15, -0.1) is 0 Å². The van der Waals surface area contributed by atoms with Gasteiger partial charge in [-0.25, -0.2) is 0 Å². The highest BCUT2D eigenvalue weighted by Gasteiger charge is 2.16. The molecule has 0 saturated heterocycles. The molecular formula is C12H16BrNO3. The molecule has 5 heteroatoms. The van der Waals surface area contributed by atoms with Crippen molar-refractivity contribution < 1.29 is 15.0 Å². The zero-order valence-corrected chi connectivity index (χ0v) is 11.4. The van der Waals surface area contributed by atoms with Crippen LogP contribution in [0, 0.1) is 0 Å².